The lowest BCUT2D eigenvalue weighted by Gasteiger charge is -2.32. The van der Waals surface area contributed by atoms with Crippen molar-refractivity contribution in [3.63, 3.8) is 0 Å². The fourth-order valence-corrected chi connectivity index (χ4v) is 2.99. The van der Waals surface area contributed by atoms with Crippen molar-refractivity contribution in [2.75, 3.05) is 5.73 Å². The predicted octanol–water partition coefficient (Wildman–Crippen LogP) is 3.11. The van der Waals surface area contributed by atoms with Crippen LogP contribution < -0.4 is 11.2 Å². The van der Waals surface area contributed by atoms with Gasteiger partial charge in [-0.05, 0) is 57.4 Å². The zero-order valence-corrected chi connectivity index (χ0v) is 15.0. The molecule has 1 aliphatic rings. The lowest BCUT2D eigenvalue weighted by Crippen LogP contribution is -2.41. The molecule has 0 unspecified atom stereocenters. The number of fused-ring (bicyclic) bond motifs is 1. The molecule has 4 rings (SSSR count). The molecule has 0 saturated carbocycles. The standard InChI is InChI=1S/C19H22BN3O2/c1-18(2)19(3,4)25-20(24-18)12-9-10-14(21)13(11-12)17-22-15-7-5-6-8-16(15)23-17/h5-11H,21H2,1-4H3,(H,22,23). The van der Waals surface area contributed by atoms with Crippen molar-refractivity contribution in [2.24, 2.45) is 0 Å². The van der Waals surface area contributed by atoms with Crippen molar-refractivity contribution in [3.8, 4) is 11.4 Å². The van der Waals surface area contributed by atoms with E-state index in [-0.39, 0.29) is 11.2 Å². The van der Waals surface area contributed by atoms with E-state index in [1.807, 2.05) is 70.2 Å². The zero-order valence-electron chi connectivity index (χ0n) is 15.0. The fraction of sp³-hybridized carbons (Fsp3) is 0.316. The maximum absolute atomic E-state index is 6.21. The predicted molar refractivity (Wildman–Crippen MR) is 102 cm³/mol. The summed E-state index contributed by atoms with van der Waals surface area (Å²) in [6, 6.07) is 13.7. The summed E-state index contributed by atoms with van der Waals surface area (Å²) in [5, 5.41) is 0. The smallest absolute Gasteiger partial charge is 0.399 e. The molecule has 25 heavy (non-hydrogen) atoms. The first-order valence-corrected chi connectivity index (χ1v) is 8.47. The third kappa shape index (κ3) is 2.62. The normalized spacial score (nSPS) is 18.8. The molecule has 1 aliphatic heterocycles. The van der Waals surface area contributed by atoms with Gasteiger partial charge in [0.05, 0.1) is 22.2 Å². The number of H-pyrrole nitrogens is 1. The third-order valence-corrected chi connectivity index (χ3v) is 5.25. The van der Waals surface area contributed by atoms with Gasteiger partial charge in [0.15, 0.2) is 0 Å². The van der Waals surface area contributed by atoms with Crippen molar-refractivity contribution >= 4 is 29.3 Å². The van der Waals surface area contributed by atoms with E-state index in [0.29, 0.717) is 5.69 Å². The molecule has 5 nitrogen and oxygen atoms in total. The number of aromatic nitrogens is 2. The second-order valence-corrected chi connectivity index (χ2v) is 7.54. The second kappa shape index (κ2) is 5.34. The number of anilines is 1. The number of rotatable bonds is 2. The number of benzene rings is 2. The molecular formula is C19H22BN3O2. The minimum atomic E-state index is -0.422. The third-order valence-electron chi connectivity index (χ3n) is 5.25. The summed E-state index contributed by atoms with van der Waals surface area (Å²) >= 11 is 0. The van der Waals surface area contributed by atoms with Crippen molar-refractivity contribution in [1.29, 1.82) is 0 Å². The largest absolute Gasteiger partial charge is 0.494 e. The minimum Gasteiger partial charge on any atom is -0.399 e. The van der Waals surface area contributed by atoms with E-state index in [9.17, 15) is 0 Å². The second-order valence-electron chi connectivity index (χ2n) is 7.54. The Hall–Kier alpha value is -2.31. The Labute approximate surface area is 147 Å². The lowest BCUT2D eigenvalue weighted by molar-refractivity contribution is 0.00578. The average Bonchev–Trinajstić information content (AvgIpc) is 3.06. The lowest BCUT2D eigenvalue weighted by atomic mass is 9.78. The molecule has 0 bridgehead atoms. The van der Waals surface area contributed by atoms with Crippen LogP contribution in [0.3, 0.4) is 0 Å². The van der Waals surface area contributed by atoms with Gasteiger partial charge in [0.25, 0.3) is 0 Å². The molecule has 3 aromatic rings. The van der Waals surface area contributed by atoms with Gasteiger partial charge in [-0.2, -0.15) is 0 Å². The first-order chi connectivity index (χ1) is 11.8. The summed E-state index contributed by atoms with van der Waals surface area (Å²) in [6.07, 6.45) is 0. The van der Waals surface area contributed by atoms with Gasteiger partial charge >= 0.3 is 7.12 Å². The van der Waals surface area contributed by atoms with Gasteiger partial charge in [0.1, 0.15) is 5.82 Å². The number of nitrogen functional groups attached to an aromatic ring is 1. The van der Waals surface area contributed by atoms with Crippen LogP contribution in [0.15, 0.2) is 42.5 Å². The SMILES string of the molecule is CC1(C)OB(c2ccc(N)c(-c3nc4ccccc4[nH]3)c2)OC1(C)C. The molecule has 1 aromatic heterocycles. The Morgan fingerprint density at radius 2 is 1.68 bits per heavy atom. The van der Waals surface area contributed by atoms with E-state index in [1.165, 1.54) is 0 Å². The number of nitrogens with one attached hydrogen (secondary N) is 1. The highest BCUT2D eigenvalue weighted by atomic mass is 16.7. The highest BCUT2D eigenvalue weighted by Crippen LogP contribution is 2.37. The maximum Gasteiger partial charge on any atom is 0.494 e. The number of nitrogens with zero attached hydrogens (tertiary/aromatic N) is 1. The Kier molecular flexibility index (Phi) is 3.46. The molecular weight excluding hydrogens is 313 g/mol. The van der Waals surface area contributed by atoms with E-state index in [2.05, 4.69) is 9.97 Å². The van der Waals surface area contributed by atoms with Crippen LogP contribution >= 0.6 is 0 Å². The molecule has 1 saturated heterocycles. The van der Waals surface area contributed by atoms with Crippen LogP contribution in [0.25, 0.3) is 22.4 Å². The van der Waals surface area contributed by atoms with Gasteiger partial charge in [-0.15, -0.1) is 0 Å². The molecule has 2 aromatic carbocycles. The molecule has 0 amide bonds. The molecule has 1 fully saturated rings. The van der Waals surface area contributed by atoms with Crippen LogP contribution in [-0.2, 0) is 9.31 Å². The molecule has 128 valence electrons. The van der Waals surface area contributed by atoms with Gasteiger partial charge < -0.3 is 20.0 Å². The van der Waals surface area contributed by atoms with E-state index in [1.54, 1.807) is 0 Å². The number of para-hydroxylation sites is 2. The molecule has 0 aliphatic carbocycles. The fourth-order valence-electron chi connectivity index (χ4n) is 2.99. The van der Waals surface area contributed by atoms with E-state index >= 15 is 0 Å². The number of aromatic amines is 1. The Bertz CT molecular complexity index is 900. The van der Waals surface area contributed by atoms with Gasteiger partial charge in [0, 0.05) is 11.3 Å². The molecule has 0 spiro atoms. The van der Waals surface area contributed by atoms with Gasteiger partial charge in [-0.1, -0.05) is 18.2 Å². The quantitative estimate of drug-likeness (QED) is 0.557. The van der Waals surface area contributed by atoms with Crippen molar-refractivity contribution in [2.45, 2.75) is 38.9 Å². The van der Waals surface area contributed by atoms with Crippen LogP contribution in [-0.4, -0.2) is 28.3 Å². The minimum absolute atomic E-state index is 0.376. The summed E-state index contributed by atoms with van der Waals surface area (Å²) in [5.41, 5.74) is 9.80. The van der Waals surface area contributed by atoms with Gasteiger partial charge in [0.2, 0.25) is 0 Å². The van der Waals surface area contributed by atoms with Crippen LogP contribution in [0, 0.1) is 0 Å². The first kappa shape index (κ1) is 16.2. The van der Waals surface area contributed by atoms with Crippen molar-refractivity contribution in [1.82, 2.24) is 9.97 Å². The summed E-state index contributed by atoms with van der Waals surface area (Å²) < 4.78 is 12.3. The van der Waals surface area contributed by atoms with E-state index < -0.39 is 7.12 Å². The number of imidazole rings is 1. The topological polar surface area (TPSA) is 73.2 Å². The summed E-state index contributed by atoms with van der Waals surface area (Å²) in [4.78, 5) is 7.98. The Balaban J connectivity index is 1.75. The summed E-state index contributed by atoms with van der Waals surface area (Å²) in [5.74, 6) is 0.747. The van der Waals surface area contributed by atoms with E-state index in [4.69, 9.17) is 15.0 Å². The van der Waals surface area contributed by atoms with Crippen LogP contribution in [0.2, 0.25) is 0 Å². The van der Waals surface area contributed by atoms with Gasteiger partial charge in [-0.3, -0.25) is 0 Å². The van der Waals surface area contributed by atoms with E-state index in [0.717, 1.165) is 27.9 Å². The van der Waals surface area contributed by atoms with Crippen LogP contribution in [0.4, 0.5) is 5.69 Å². The molecule has 0 radical (unpaired) electrons. The monoisotopic (exact) mass is 335 g/mol. The average molecular weight is 335 g/mol. The van der Waals surface area contributed by atoms with Crippen LogP contribution in [0.1, 0.15) is 27.7 Å². The van der Waals surface area contributed by atoms with Crippen LogP contribution in [0.5, 0.6) is 0 Å². The molecule has 0 atom stereocenters. The zero-order chi connectivity index (χ0) is 17.8. The molecule has 6 heteroatoms. The number of hydrogen-bond donors (Lipinski definition) is 2. The Morgan fingerprint density at radius 3 is 2.36 bits per heavy atom. The maximum atomic E-state index is 6.21. The highest BCUT2D eigenvalue weighted by molar-refractivity contribution is 6.62. The highest BCUT2D eigenvalue weighted by Gasteiger charge is 2.51. The Morgan fingerprint density at radius 1 is 1.00 bits per heavy atom. The molecule has 3 N–H and O–H groups in total. The first-order valence-electron chi connectivity index (χ1n) is 8.47. The van der Waals surface area contributed by atoms with Crippen molar-refractivity contribution in [3.05, 3.63) is 42.5 Å². The number of hydrogen-bond acceptors (Lipinski definition) is 4. The summed E-state index contributed by atoms with van der Waals surface area (Å²) in [7, 11) is -0.422. The number of nitrogens with two attached hydrogens (primary N) is 1. The summed E-state index contributed by atoms with van der Waals surface area (Å²) in [6.45, 7) is 8.18. The molecule has 2 heterocycles. The van der Waals surface area contributed by atoms with Crippen molar-refractivity contribution < 1.29 is 9.31 Å². The van der Waals surface area contributed by atoms with Gasteiger partial charge in [-0.25, -0.2) is 4.98 Å².